The van der Waals surface area contributed by atoms with Crippen molar-refractivity contribution >= 4 is 23.2 Å². The number of ether oxygens (including phenoxy) is 1. The van der Waals surface area contributed by atoms with Crippen molar-refractivity contribution in [3.63, 3.8) is 0 Å². The van der Waals surface area contributed by atoms with Crippen LogP contribution in [0.3, 0.4) is 0 Å². The zero-order valence-corrected chi connectivity index (χ0v) is 25.6. The number of morpholine rings is 1. The van der Waals surface area contributed by atoms with Crippen LogP contribution in [0.2, 0.25) is 0 Å². The number of hydrogen-bond acceptors (Lipinski definition) is 6. The summed E-state index contributed by atoms with van der Waals surface area (Å²) >= 11 is 0.584. The fourth-order valence-electron chi connectivity index (χ4n) is 5.92. The van der Waals surface area contributed by atoms with Gasteiger partial charge in [-0.2, -0.15) is 26.3 Å². The van der Waals surface area contributed by atoms with Crippen LogP contribution >= 0.6 is 11.8 Å². The number of hydrogen-bond donors (Lipinski definition) is 1. The molecule has 2 heterocycles. The van der Waals surface area contributed by atoms with Gasteiger partial charge in [-0.3, -0.25) is 9.69 Å². The van der Waals surface area contributed by atoms with Crippen LogP contribution < -0.4 is 5.32 Å². The predicted molar refractivity (Wildman–Crippen MR) is 155 cm³/mol. The molecule has 0 saturated carbocycles. The summed E-state index contributed by atoms with van der Waals surface area (Å²) in [6.45, 7) is 10.2. The lowest BCUT2D eigenvalue weighted by atomic mass is 9.77. The Morgan fingerprint density at radius 3 is 2.14 bits per heavy atom. The Hall–Kier alpha value is -2.70. The highest BCUT2D eigenvalue weighted by atomic mass is 32.2. The van der Waals surface area contributed by atoms with Crippen molar-refractivity contribution in [1.29, 1.82) is 0 Å². The fourth-order valence-corrected chi connectivity index (χ4v) is 6.97. The molecule has 43 heavy (non-hydrogen) atoms. The van der Waals surface area contributed by atoms with Gasteiger partial charge in [-0.1, -0.05) is 17.8 Å². The number of anilines is 1. The number of benzene rings is 2. The first-order valence-electron chi connectivity index (χ1n) is 14.0. The quantitative estimate of drug-likeness (QED) is 0.191. The summed E-state index contributed by atoms with van der Waals surface area (Å²) in [4.78, 5) is 16.5. The molecular weight excluding hydrogens is 592 g/mol. The maximum Gasteiger partial charge on any atom is 0.418 e. The lowest BCUT2D eigenvalue weighted by Crippen LogP contribution is -2.61. The van der Waals surface area contributed by atoms with E-state index in [0.29, 0.717) is 48.6 Å². The van der Waals surface area contributed by atoms with Gasteiger partial charge in [-0.05, 0) is 77.9 Å². The largest absolute Gasteiger partial charge is 0.418 e. The standard InChI is InChI=1S/C31H37F6N3O2S/c1-28(2)18-21(19-29(3,4)39(28)5)38-20-7-6-8-22(17-20)43-25-10-9-23(24(41)11-12-40-13-15-42-16-14-40)26(30(32,33)34)27(25)31(35,36)37/h6-12,17,21,38H,13-16,18-19H2,1-5H3. The number of rotatable bonds is 7. The molecule has 0 unspecified atom stereocenters. The molecule has 2 aliphatic heterocycles. The molecule has 2 aromatic carbocycles. The number of carbonyl (C=O) groups excluding carboxylic acids is 1. The second-order valence-corrected chi connectivity index (χ2v) is 13.4. The van der Waals surface area contributed by atoms with Crippen LogP contribution in [0.1, 0.15) is 62.0 Å². The third-order valence-electron chi connectivity index (χ3n) is 8.22. The second-order valence-electron chi connectivity index (χ2n) is 12.2. The Morgan fingerprint density at radius 1 is 0.953 bits per heavy atom. The first kappa shape index (κ1) is 33.2. The Bertz CT molecular complexity index is 1330. The van der Waals surface area contributed by atoms with Crippen LogP contribution in [0.5, 0.6) is 0 Å². The van der Waals surface area contributed by atoms with Crippen LogP contribution in [0, 0.1) is 0 Å². The van der Waals surface area contributed by atoms with Gasteiger partial charge in [0.2, 0.25) is 0 Å². The molecule has 1 N–H and O–H groups in total. The van der Waals surface area contributed by atoms with Gasteiger partial charge in [0.15, 0.2) is 5.78 Å². The SMILES string of the molecule is CN1C(C)(C)CC(Nc2cccc(Sc3ccc(C(=O)C=CN4CCOCC4)c(C(F)(F)F)c3C(F)(F)F)c2)CC1(C)C. The highest BCUT2D eigenvalue weighted by Gasteiger charge is 2.48. The lowest BCUT2D eigenvalue weighted by Gasteiger charge is -2.54. The van der Waals surface area contributed by atoms with Crippen LogP contribution in [-0.2, 0) is 17.1 Å². The second kappa shape index (κ2) is 12.4. The Kier molecular flexibility index (Phi) is 9.54. The van der Waals surface area contributed by atoms with Crippen molar-refractivity contribution in [2.24, 2.45) is 0 Å². The van der Waals surface area contributed by atoms with E-state index in [1.165, 1.54) is 6.20 Å². The minimum Gasteiger partial charge on any atom is -0.382 e. The van der Waals surface area contributed by atoms with E-state index in [-0.39, 0.29) is 17.1 Å². The number of halogens is 6. The summed E-state index contributed by atoms with van der Waals surface area (Å²) in [5.41, 5.74) is -4.43. The number of alkyl halides is 6. The Morgan fingerprint density at radius 2 is 1.56 bits per heavy atom. The van der Waals surface area contributed by atoms with Gasteiger partial charge in [-0.15, -0.1) is 0 Å². The molecule has 2 saturated heterocycles. The molecule has 0 aliphatic carbocycles. The lowest BCUT2D eigenvalue weighted by molar-refractivity contribution is -0.163. The van der Waals surface area contributed by atoms with E-state index in [0.717, 1.165) is 31.1 Å². The van der Waals surface area contributed by atoms with Crippen LogP contribution in [0.15, 0.2) is 58.5 Å². The van der Waals surface area contributed by atoms with Gasteiger partial charge in [0.25, 0.3) is 0 Å². The minimum absolute atomic E-state index is 0.0832. The van der Waals surface area contributed by atoms with Crippen molar-refractivity contribution in [2.75, 3.05) is 38.7 Å². The fraction of sp³-hybridized carbons (Fsp3) is 0.516. The molecule has 0 radical (unpaired) electrons. The van der Waals surface area contributed by atoms with E-state index in [1.54, 1.807) is 29.2 Å². The number of nitrogens with zero attached hydrogens (tertiary/aromatic N) is 2. The molecule has 0 aromatic heterocycles. The van der Waals surface area contributed by atoms with E-state index >= 15 is 0 Å². The molecule has 0 bridgehead atoms. The van der Waals surface area contributed by atoms with E-state index in [9.17, 15) is 31.1 Å². The molecule has 0 amide bonds. The van der Waals surface area contributed by atoms with Crippen LogP contribution in [-0.4, -0.2) is 66.1 Å². The van der Waals surface area contributed by atoms with Crippen molar-refractivity contribution in [3.8, 4) is 0 Å². The Labute approximate surface area is 252 Å². The van der Waals surface area contributed by atoms with Crippen molar-refractivity contribution < 1.29 is 35.9 Å². The summed E-state index contributed by atoms with van der Waals surface area (Å²) in [6, 6.07) is 8.49. The molecule has 0 atom stereocenters. The molecule has 2 aliphatic rings. The van der Waals surface area contributed by atoms with Crippen molar-refractivity contribution in [2.45, 2.75) is 79.8 Å². The number of nitrogens with one attached hydrogen (secondary N) is 1. The van der Waals surface area contributed by atoms with Gasteiger partial charge >= 0.3 is 12.4 Å². The molecule has 2 fully saturated rings. The first-order valence-corrected chi connectivity index (χ1v) is 14.8. The molecule has 236 valence electrons. The molecule has 2 aromatic rings. The third-order valence-corrected chi connectivity index (χ3v) is 9.27. The summed E-state index contributed by atoms with van der Waals surface area (Å²) < 4.78 is 91.0. The average Bonchev–Trinajstić information content (AvgIpc) is 2.89. The molecular formula is C31H37F6N3O2S. The maximum absolute atomic E-state index is 14.3. The highest BCUT2D eigenvalue weighted by molar-refractivity contribution is 7.99. The monoisotopic (exact) mass is 629 g/mol. The van der Waals surface area contributed by atoms with E-state index in [1.807, 2.05) is 0 Å². The number of carbonyl (C=O) groups is 1. The van der Waals surface area contributed by atoms with Crippen molar-refractivity contribution in [1.82, 2.24) is 9.80 Å². The molecule has 5 nitrogen and oxygen atoms in total. The summed E-state index contributed by atoms with van der Waals surface area (Å²) in [7, 11) is 2.08. The van der Waals surface area contributed by atoms with E-state index < -0.39 is 39.7 Å². The minimum atomic E-state index is -5.42. The number of allylic oxidation sites excluding steroid dienone is 1. The summed E-state index contributed by atoms with van der Waals surface area (Å²) in [5, 5.41) is 3.48. The summed E-state index contributed by atoms with van der Waals surface area (Å²) in [6.07, 6.45) is -6.95. The van der Waals surface area contributed by atoms with Gasteiger partial charge in [-0.25, -0.2) is 0 Å². The van der Waals surface area contributed by atoms with Gasteiger partial charge in [0.1, 0.15) is 0 Å². The number of ketones is 1. The highest BCUT2D eigenvalue weighted by Crippen LogP contribution is 2.48. The number of likely N-dealkylation sites (tertiary alicyclic amines) is 1. The maximum atomic E-state index is 14.3. The predicted octanol–water partition coefficient (Wildman–Crippen LogP) is 7.97. The van der Waals surface area contributed by atoms with E-state index in [2.05, 4.69) is 45.0 Å². The Balaban J connectivity index is 1.65. The third kappa shape index (κ3) is 7.88. The normalized spacial score (nSPS) is 20.0. The van der Waals surface area contributed by atoms with Gasteiger partial charge in [0.05, 0.1) is 24.3 Å². The first-order chi connectivity index (χ1) is 19.9. The smallest absolute Gasteiger partial charge is 0.382 e. The van der Waals surface area contributed by atoms with Gasteiger partial charge < -0.3 is 15.0 Å². The number of piperidine rings is 1. The van der Waals surface area contributed by atoms with Gasteiger partial charge in [0, 0.05) is 63.5 Å². The van der Waals surface area contributed by atoms with Crippen molar-refractivity contribution in [3.05, 3.63) is 65.4 Å². The average molecular weight is 630 g/mol. The zero-order chi connectivity index (χ0) is 31.8. The van der Waals surface area contributed by atoms with Crippen LogP contribution in [0.4, 0.5) is 32.0 Å². The molecule has 4 rings (SSSR count). The zero-order valence-electron chi connectivity index (χ0n) is 24.8. The topological polar surface area (TPSA) is 44.8 Å². The summed E-state index contributed by atoms with van der Waals surface area (Å²) in [5.74, 6) is -1.16. The molecule has 12 heteroatoms. The molecule has 0 spiro atoms. The van der Waals surface area contributed by atoms with Crippen LogP contribution in [0.25, 0.3) is 0 Å². The van der Waals surface area contributed by atoms with E-state index in [4.69, 9.17) is 4.74 Å².